The zero-order chi connectivity index (χ0) is 19.3. The van der Waals surface area contributed by atoms with Crippen LogP contribution in [0.5, 0.6) is 0 Å². The Bertz CT molecular complexity index is 941. The number of hydrogen-bond acceptors (Lipinski definition) is 5. The number of nitrogens with one attached hydrogen (secondary N) is 1. The summed E-state index contributed by atoms with van der Waals surface area (Å²) in [6.45, 7) is 1.64. The third-order valence-corrected chi connectivity index (χ3v) is 4.85. The second-order valence-electron chi connectivity index (χ2n) is 6.74. The Balaban J connectivity index is 1.34. The summed E-state index contributed by atoms with van der Waals surface area (Å²) in [6, 6.07) is 9.81. The second kappa shape index (κ2) is 8.12. The Labute approximate surface area is 162 Å². The highest BCUT2D eigenvalue weighted by atomic mass is 19.1. The summed E-state index contributed by atoms with van der Waals surface area (Å²) in [5.41, 5.74) is 1.81. The predicted molar refractivity (Wildman–Crippen MR) is 104 cm³/mol. The van der Waals surface area contributed by atoms with Crippen molar-refractivity contribution < 1.29 is 9.18 Å². The van der Waals surface area contributed by atoms with Gasteiger partial charge in [0.15, 0.2) is 0 Å². The summed E-state index contributed by atoms with van der Waals surface area (Å²) in [7, 11) is 0. The summed E-state index contributed by atoms with van der Waals surface area (Å²) in [5, 5.41) is 3.07. The molecule has 1 aliphatic heterocycles. The first-order valence-electron chi connectivity index (χ1n) is 9.23. The minimum absolute atomic E-state index is 0.114. The molecule has 142 valence electrons. The van der Waals surface area contributed by atoms with Crippen LogP contribution in [0.3, 0.4) is 0 Å². The van der Waals surface area contributed by atoms with E-state index in [0.717, 1.165) is 31.7 Å². The molecule has 3 heterocycles. The van der Waals surface area contributed by atoms with Crippen LogP contribution >= 0.6 is 0 Å². The Morgan fingerprint density at radius 2 is 1.93 bits per heavy atom. The Kier molecular flexibility index (Phi) is 5.23. The van der Waals surface area contributed by atoms with Crippen molar-refractivity contribution in [1.29, 1.82) is 0 Å². The largest absolute Gasteiger partial charge is 0.355 e. The van der Waals surface area contributed by atoms with E-state index in [1.807, 2.05) is 0 Å². The first-order chi connectivity index (χ1) is 13.7. The van der Waals surface area contributed by atoms with Gasteiger partial charge >= 0.3 is 0 Å². The molecular formula is C21H20FN5O. The number of carbonyl (C=O) groups excluding carboxylic acids is 1. The molecule has 2 aromatic heterocycles. The number of amides is 1. The minimum atomic E-state index is -0.311. The minimum Gasteiger partial charge on any atom is -0.355 e. The Hall–Kier alpha value is -3.35. The summed E-state index contributed by atoms with van der Waals surface area (Å²) >= 11 is 0. The van der Waals surface area contributed by atoms with E-state index in [1.54, 1.807) is 42.9 Å². The molecule has 0 radical (unpaired) electrons. The van der Waals surface area contributed by atoms with Crippen molar-refractivity contribution in [2.24, 2.45) is 0 Å². The van der Waals surface area contributed by atoms with E-state index >= 15 is 0 Å². The number of piperidine rings is 1. The molecule has 1 aromatic carbocycles. The Morgan fingerprint density at radius 3 is 2.61 bits per heavy atom. The highest BCUT2D eigenvalue weighted by Crippen LogP contribution is 2.19. The molecule has 28 heavy (non-hydrogen) atoms. The van der Waals surface area contributed by atoms with Crippen molar-refractivity contribution in [3.05, 3.63) is 72.6 Å². The standard InChI is InChI=1S/C21H20FN5O/c22-17-3-1-2-15(12-17)19-5-4-16(13-25-19)21(28)26-18-6-10-27(11-7-18)20-14-23-8-9-24-20/h1-5,8-9,12-14,18H,6-7,10-11H2,(H,26,28). The summed E-state index contributed by atoms with van der Waals surface area (Å²) in [4.78, 5) is 27.4. The molecule has 1 saturated heterocycles. The van der Waals surface area contributed by atoms with E-state index < -0.39 is 0 Å². The first kappa shape index (κ1) is 18.0. The molecule has 1 N–H and O–H groups in total. The number of anilines is 1. The number of aromatic nitrogens is 3. The SMILES string of the molecule is O=C(NC1CCN(c2cnccn2)CC1)c1ccc(-c2cccc(F)c2)nc1. The fourth-order valence-electron chi connectivity index (χ4n) is 3.32. The van der Waals surface area contributed by atoms with Gasteiger partial charge in [-0.15, -0.1) is 0 Å². The molecular weight excluding hydrogens is 357 g/mol. The van der Waals surface area contributed by atoms with Gasteiger partial charge in [-0.2, -0.15) is 0 Å². The highest BCUT2D eigenvalue weighted by Gasteiger charge is 2.22. The molecule has 6 nitrogen and oxygen atoms in total. The van der Waals surface area contributed by atoms with Crippen LogP contribution in [0.1, 0.15) is 23.2 Å². The molecule has 4 rings (SSSR count). The number of halogens is 1. The molecule has 0 spiro atoms. The number of pyridine rings is 1. The van der Waals surface area contributed by atoms with Crippen molar-refractivity contribution in [3.63, 3.8) is 0 Å². The van der Waals surface area contributed by atoms with Crippen LogP contribution in [0.2, 0.25) is 0 Å². The Morgan fingerprint density at radius 1 is 1.07 bits per heavy atom. The summed E-state index contributed by atoms with van der Waals surface area (Å²) < 4.78 is 13.4. The lowest BCUT2D eigenvalue weighted by Gasteiger charge is -2.32. The fourth-order valence-corrected chi connectivity index (χ4v) is 3.32. The lowest BCUT2D eigenvalue weighted by molar-refractivity contribution is 0.0930. The third kappa shape index (κ3) is 4.14. The van der Waals surface area contributed by atoms with Gasteiger partial charge in [0, 0.05) is 43.3 Å². The maximum absolute atomic E-state index is 13.4. The third-order valence-electron chi connectivity index (χ3n) is 4.85. The molecule has 0 atom stereocenters. The molecule has 3 aromatic rings. The van der Waals surface area contributed by atoms with E-state index in [1.165, 1.54) is 18.3 Å². The fraction of sp³-hybridized carbons (Fsp3) is 0.238. The molecule has 1 amide bonds. The van der Waals surface area contributed by atoms with Gasteiger partial charge < -0.3 is 10.2 Å². The van der Waals surface area contributed by atoms with Crippen molar-refractivity contribution >= 4 is 11.7 Å². The van der Waals surface area contributed by atoms with Gasteiger partial charge in [-0.1, -0.05) is 12.1 Å². The van der Waals surface area contributed by atoms with E-state index in [2.05, 4.69) is 25.2 Å². The van der Waals surface area contributed by atoms with Gasteiger partial charge in [-0.05, 0) is 37.1 Å². The number of rotatable bonds is 4. The maximum Gasteiger partial charge on any atom is 0.253 e. The monoisotopic (exact) mass is 377 g/mol. The van der Waals surface area contributed by atoms with Crippen LogP contribution in [0, 0.1) is 5.82 Å². The van der Waals surface area contributed by atoms with Crippen LogP contribution in [0.15, 0.2) is 61.2 Å². The molecule has 1 fully saturated rings. The van der Waals surface area contributed by atoms with Crippen molar-refractivity contribution in [1.82, 2.24) is 20.3 Å². The average Bonchev–Trinajstić information content (AvgIpc) is 2.75. The van der Waals surface area contributed by atoms with Gasteiger partial charge in [-0.25, -0.2) is 9.37 Å². The highest BCUT2D eigenvalue weighted by molar-refractivity contribution is 5.94. The van der Waals surface area contributed by atoms with Gasteiger partial charge in [0.1, 0.15) is 11.6 Å². The molecule has 1 aliphatic rings. The van der Waals surface area contributed by atoms with Gasteiger partial charge in [-0.3, -0.25) is 14.8 Å². The van der Waals surface area contributed by atoms with E-state index in [4.69, 9.17) is 0 Å². The van der Waals surface area contributed by atoms with Gasteiger partial charge in [0.05, 0.1) is 17.5 Å². The normalized spacial score (nSPS) is 14.7. The van der Waals surface area contributed by atoms with E-state index in [9.17, 15) is 9.18 Å². The van der Waals surface area contributed by atoms with Crippen LogP contribution in [0.25, 0.3) is 11.3 Å². The zero-order valence-electron chi connectivity index (χ0n) is 15.3. The zero-order valence-corrected chi connectivity index (χ0v) is 15.3. The van der Waals surface area contributed by atoms with Crippen molar-refractivity contribution in [2.45, 2.75) is 18.9 Å². The van der Waals surface area contributed by atoms with Crippen LogP contribution in [-0.2, 0) is 0 Å². The summed E-state index contributed by atoms with van der Waals surface area (Å²) in [5.74, 6) is 0.412. The quantitative estimate of drug-likeness (QED) is 0.757. The molecule has 0 aliphatic carbocycles. The summed E-state index contributed by atoms with van der Waals surface area (Å²) in [6.07, 6.45) is 8.32. The number of carbonyl (C=O) groups is 1. The van der Waals surface area contributed by atoms with Crippen LogP contribution in [0.4, 0.5) is 10.2 Å². The van der Waals surface area contributed by atoms with Crippen molar-refractivity contribution in [3.8, 4) is 11.3 Å². The first-order valence-corrected chi connectivity index (χ1v) is 9.23. The van der Waals surface area contributed by atoms with Crippen LogP contribution in [-0.4, -0.2) is 40.0 Å². The molecule has 0 unspecified atom stereocenters. The number of benzene rings is 1. The predicted octanol–water partition coefficient (Wildman–Crippen LogP) is 3.08. The lowest BCUT2D eigenvalue weighted by Crippen LogP contribution is -2.45. The number of hydrogen-bond donors (Lipinski definition) is 1. The topological polar surface area (TPSA) is 71.0 Å². The number of nitrogens with zero attached hydrogens (tertiary/aromatic N) is 4. The lowest BCUT2D eigenvalue weighted by atomic mass is 10.0. The van der Waals surface area contributed by atoms with E-state index in [0.29, 0.717) is 16.8 Å². The van der Waals surface area contributed by atoms with Crippen molar-refractivity contribution in [2.75, 3.05) is 18.0 Å². The molecule has 7 heteroatoms. The maximum atomic E-state index is 13.4. The molecule has 0 saturated carbocycles. The van der Waals surface area contributed by atoms with Crippen LogP contribution < -0.4 is 10.2 Å². The smallest absolute Gasteiger partial charge is 0.253 e. The second-order valence-corrected chi connectivity index (χ2v) is 6.74. The van der Waals surface area contributed by atoms with E-state index in [-0.39, 0.29) is 17.8 Å². The average molecular weight is 377 g/mol. The van der Waals surface area contributed by atoms with Gasteiger partial charge in [0.25, 0.3) is 5.91 Å². The van der Waals surface area contributed by atoms with Gasteiger partial charge in [0.2, 0.25) is 0 Å². The molecule has 0 bridgehead atoms.